The van der Waals surface area contributed by atoms with Crippen LogP contribution in [0.15, 0.2) is 47.8 Å². The molecule has 5 heterocycles. The summed E-state index contributed by atoms with van der Waals surface area (Å²) in [5, 5.41) is 21.3. The van der Waals surface area contributed by atoms with Crippen LogP contribution in [-0.4, -0.2) is 49.4 Å². The maximum Gasteiger partial charge on any atom is 0.329 e. The SMILES string of the molecule is Cn1ncc2cc(-c3c(-c4cnn(CC(C)(C)O)c4)[nH]c4ncc5c(c34)n(C3CCCC3)c(=O)n5C)ccc21. The number of pyridine rings is 1. The summed E-state index contributed by atoms with van der Waals surface area (Å²) in [6.45, 7) is 3.90. The lowest BCUT2D eigenvalue weighted by atomic mass is 9.98. The summed E-state index contributed by atoms with van der Waals surface area (Å²) in [5.41, 5.74) is 6.38. The number of hydrogen-bond acceptors (Lipinski definition) is 5. The second-order valence-corrected chi connectivity index (χ2v) is 11.5. The largest absolute Gasteiger partial charge is 0.389 e. The minimum absolute atomic E-state index is 0.000563. The average molecular weight is 525 g/mol. The normalized spacial score (nSPS) is 15.0. The van der Waals surface area contributed by atoms with Gasteiger partial charge in [0, 0.05) is 42.8 Å². The number of nitrogens with zero attached hydrogens (tertiary/aromatic N) is 7. The van der Waals surface area contributed by atoms with Crippen molar-refractivity contribution in [2.45, 2.75) is 57.7 Å². The quantitative estimate of drug-likeness (QED) is 0.344. The first kappa shape index (κ1) is 23.9. The predicted octanol–water partition coefficient (Wildman–Crippen LogP) is 4.52. The number of aryl methyl sites for hydroxylation is 2. The van der Waals surface area contributed by atoms with E-state index in [1.54, 1.807) is 29.3 Å². The highest BCUT2D eigenvalue weighted by Gasteiger charge is 2.28. The molecule has 0 amide bonds. The fourth-order valence-corrected chi connectivity index (χ4v) is 6.28. The number of benzene rings is 1. The van der Waals surface area contributed by atoms with Gasteiger partial charge in [0.1, 0.15) is 5.65 Å². The molecule has 1 aliphatic rings. The zero-order valence-corrected chi connectivity index (χ0v) is 22.6. The third kappa shape index (κ3) is 3.73. The molecule has 10 heteroatoms. The van der Waals surface area contributed by atoms with E-state index in [0.29, 0.717) is 6.54 Å². The number of imidazole rings is 1. The fraction of sp³-hybridized carbons (Fsp3) is 0.379. The summed E-state index contributed by atoms with van der Waals surface area (Å²) in [7, 11) is 3.77. The van der Waals surface area contributed by atoms with E-state index in [1.165, 1.54) is 0 Å². The van der Waals surface area contributed by atoms with Crippen LogP contribution in [0.25, 0.3) is 55.4 Å². The summed E-state index contributed by atoms with van der Waals surface area (Å²) >= 11 is 0. The Balaban J connectivity index is 1.56. The van der Waals surface area contributed by atoms with E-state index in [4.69, 9.17) is 4.98 Å². The second kappa shape index (κ2) is 8.41. The van der Waals surface area contributed by atoms with Gasteiger partial charge in [-0.2, -0.15) is 10.2 Å². The Morgan fingerprint density at radius 2 is 1.85 bits per heavy atom. The summed E-state index contributed by atoms with van der Waals surface area (Å²) < 4.78 is 7.36. The third-order valence-corrected chi connectivity index (χ3v) is 8.07. The van der Waals surface area contributed by atoms with Gasteiger partial charge in [-0.15, -0.1) is 0 Å². The number of hydrogen-bond donors (Lipinski definition) is 2. The molecule has 0 aliphatic heterocycles. The van der Waals surface area contributed by atoms with Gasteiger partial charge in [-0.3, -0.25) is 18.5 Å². The van der Waals surface area contributed by atoms with E-state index >= 15 is 0 Å². The van der Waals surface area contributed by atoms with Crippen molar-refractivity contribution in [3.8, 4) is 22.4 Å². The minimum Gasteiger partial charge on any atom is -0.389 e. The van der Waals surface area contributed by atoms with Crippen molar-refractivity contribution < 1.29 is 5.11 Å². The third-order valence-electron chi connectivity index (χ3n) is 8.07. The van der Waals surface area contributed by atoms with E-state index in [2.05, 4.69) is 33.4 Å². The summed E-state index contributed by atoms with van der Waals surface area (Å²) in [6.07, 6.45) is 11.7. The van der Waals surface area contributed by atoms with Crippen LogP contribution < -0.4 is 5.69 Å². The molecule has 0 spiro atoms. The van der Waals surface area contributed by atoms with Gasteiger partial charge in [-0.25, -0.2) is 9.78 Å². The van der Waals surface area contributed by atoms with Crippen molar-refractivity contribution in [1.82, 2.24) is 38.7 Å². The molecule has 6 aromatic rings. The highest BCUT2D eigenvalue weighted by molar-refractivity contribution is 6.14. The van der Waals surface area contributed by atoms with Gasteiger partial charge in [0.15, 0.2) is 0 Å². The Hall–Kier alpha value is -4.18. The Bertz CT molecular complexity index is 1940. The smallest absolute Gasteiger partial charge is 0.329 e. The first-order valence-corrected chi connectivity index (χ1v) is 13.5. The molecule has 1 fully saturated rings. The molecule has 2 N–H and O–H groups in total. The van der Waals surface area contributed by atoms with Gasteiger partial charge >= 0.3 is 5.69 Å². The molecule has 5 aromatic heterocycles. The average Bonchev–Trinajstić information content (AvgIpc) is 3.71. The zero-order valence-electron chi connectivity index (χ0n) is 22.6. The number of rotatable bonds is 5. The van der Waals surface area contributed by atoms with E-state index in [0.717, 1.165) is 81.0 Å². The van der Waals surface area contributed by atoms with Crippen LogP contribution in [0, 0.1) is 0 Å². The molecule has 1 saturated carbocycles. The highest BCUT2D eigenvalue weighted by atomic mass is 16.3. The highest BCUT2D eigenvalue weighted by Crippen LogP contribution is 2.43. The molecule has 39 heavy (non-hydrogen) atoms. The summed E-state index contributed by atoms with van der Waals surface area (Å²) in [5.74, 6) is 0. The molecular formula is C29H32N8O2. The lowest BCUT2D eigenvalue weighted by molar-refractivity contribution is 0.0577. The molecule has 7 rings (SSSR count). The molecular weight excluding hydrogens is 492 g/mol. The van der Waals surface area contributed by atoms with Crippen LogP contribution in [-0.2, 0) is 20.6 Å². The Morgan fingerprint density at radius 1 is 1.05 bits per heavy atom. The number of fused-ring (bicyclic) bond motifs is 4. The van der Waals surface area contributed by atoms with Crippen molar-refractivity contribution in [2.24, 2.45) is 14.1 Å². The molecule has 0 unspecified atom stereocenters. The van der Waals surface area contributed by atoms with Gasteiger partial charge in [0.2, 0.25) is 0 Å². The maximum atomic E-state index is 13.6. The fourth-order valence-electron chi connectivity index (χ4n) is 6.28. The van der Waals surface area contributed by atoms with E-state index in [9.17, 15) is 9.90 Å². The number of aromatic amines is 1. The first-order valence-electron chi connectivity index (χ1n) is 13.5. The number of aromatic nitrogens is 8. The van der Waals surface area contributed by atoms with Crippen LogP contribution in [0.3, 0.4) is 0 Å². The lowest BCUT2D eigenvalue weighted by Crippen LogP contribution is -2.26. The number of nitrogens with one attached hydrogen (secondary N) is 1. The van der Waals surface area contributed by atoms with E-state index in [1.807, 2.05) is 41.9 Å². The van der Waals surface area contributed by atoms with Crippen LogP contribution in [0.1, 0.15) is 45.6 Å². The molecule has 1 aromatic carbocycles. The van der Waals surface area contributed by atoms with Gasteiger partial charge in [-0.1, -0.05) is 18.9 Å². The summed E-state index contributed by atoms with van der Waals surface area (Å²) in [4.78, 5) is 22.0. The zero-order chi connectivity index (χ0) is 27.1. The standard InChI is InChI=1S/C29H32N8O2/c1-29(2,39)16-36-15-19(13-32-36)25-23(17-9-10-21-18(11-17)12-31-35(21)4)24-26-22(14-30-27(24)33-25)34(3)28(38)37(26)20-7-5-6-8-20/h9-15,20,39H,5-8,16H2,1-4H3,(H,30,33). The van der Waals surface area contributed by atoms with Crippen molar-refractivity contribution in [2.75, 3.05) is 0 Å². The van der Waals surface area contributed by atoms with E-state index in [-0.39, 0.29) is 11.7 Å². The maximum absolute atomic E-state index is 13.6. The minimum atomic E-state index is -0.896. The van der Waals surface area contributed by atoms with Gasteiger partial charge in [0.05, 0.1) is 58.4 Å². The second-order valence-electron chi connectivity index (χ2n) is 11.5. The molecule has 0 saturated heterocycles. The first-order chi connectivity index (χ1) is 18.7. The van der Waals surface area contributed by atoms with Gasteiger partial charge < -0.3 is 10.1 Å². The Kier molecular flexibility index (Phi) is 5.15. The molecule has 200 valence electrons. The molecule has 0 radical (unpaired) electrons. The van der Waals surface area contributed by atoms with Crippen molar-refractivity contribution in [1.29, 1.82) is 0 Å². The number of H-pyrrole nitrogens is 1. The Labute approximate surface area is 224 Å². The van der Waals surface area contributed by atoms with Crippen molar-refractivity contribution in [3.63, 3.8) is 0 Å². The van der Waals surface area contributed by atoms with Crippen molar-refractivity contribution in [3.05, 3.63) is 53.5 Å². The molecule has 10 nitrogen and oxygen atoms in total. The lowest BCUT2D eigenvalue weighted by Gasteiger charge is -2.16. The van der Waals surface area contributed by atoms with Crippen LogP contribution in [0.4, 0.5) is 0 Å². The monoisotopic (exact) mass is 524 g/mol. The molecule has 0 atom stereocenters. The Morgan fingerprint density at radius 3 is 2.62 bits per heavy atom. The van der Waals surface area contributed by atoms with Crippen LogP contribution in [0.2, 0.25) is 0 Å². The summed E-state index contributed by atoms with van der Waals surface area (Å²) in [6, 6.07) is 6.51. The van der Waals surface area contributed by atoms with Crippen LogP contribution in [0.5, 0.6) is 0 Å². The predicted molar refractivity (Wildman–Crippen MR) is 152 cm³/mol. The van der Waals surface area contributed by atoms with E-state index < -0.39 is 5.60 Å². The van der Waals surface area contributed by atoms with Crippen LogP contribution >= 0.6 is 0 Å². The topological polar surface area (TPSA) is 111 Å². The molecule has 1 aliphatic carbocycles. The molecule has 0 bridgehead atoms. The number of aliphatic hydroxyl groups is 1. The van der Waals surface area contributed by atoms with Gasteiger partial charge in [0.25, 0.3) is 0 Å². The van der Waals surface area contributed by atoms with Gasteiger partial charge in [-0.05, 0) is 44.4 Å². The van der Waals surface area contributed by atoms with Crippen molar-refractivity contribution >= 4 is 33.0 Å².